The standard InChI is InChI=1S/C18H33N3O2/c1-18(2,3)20-17(23)21-11-9-14(10-12-21)13-19-16(22)15-7-5-4-6-8-15/h14-15H,4-13H2,1-3H3,(H,19,22)(H,20,23). The molecule has 1 saturated heterocycles. The van der Waals surface area contributed by atoms with E-state index in [-0.39, 0.29) is 23.4 Å². The molecule has 0 unspecified atom stereocenters. The van der Waals surface area contributed by atoms with Gasteiger partial charge in [-0.05, 0) is 52.4 Å². The quantitative estimate of drug-likeness (QED) is 0.839. The number of likely N-dealkylation sites (tertiary alicyclic amines) is 1. The van der Waals surface area contributed by atoms with Crippen molar-refractivity contribution in [1.82, 2.24) is 15.5 Å². The smallest absolute Gasteiger partial charge is 0.317 e. The topological polar surface area (TPSA) is 61.4 Å². The Morgan fingerprint density at radius 2 is 1.61 bits per heavy atom. The van der Waals surface area contributed by atoms with Gasteiger partial charge >= 0.3 is 6.03 Å². The lowest BCUT2D eigenvalue weighted by Crippen LogP contribution is -2.51. The van der Waals surface area contributed by atoms with Gasteiger partial charge in [0, 0.05) is 31.1 Å². The van der Waals surface area contributed by atoms with Crippen molar-refractivity contribution in [2.24, 2.45) is 11.8 Å². The van der Waals surface area contributed by atoms with E-state index in [0.717, 1.165) is 45.3 Å². The molecule has 2 fully saturated rings. The number of hydrogen-bond acceptors (Lipinski definition) is 2. The van der Waals surface area contributed by atoms with E-state index in [9.17, 15) is 9.59 Å². The first-order chi connectivity index (χ1) is 10.8. The average molecular weight is 323 g/mol. The van der Waals surface area contributed by atoms with Crippen LogP contribution >= 0.6 is 0 Å². The maximum absolute atomic E-state index is 12.2. The third-order valence-electron chi connectivity index (χ3n) is 4.92. The molecule has 0 aromatic carbocycles. The fraction of sp³-hybridized carbons (Fsp3) is 0.889. The van der Waals surface area contributed by atoms with Crippen LogP contribution in [0.5, 0.6) is 0 Å². The number of nitrogens with zero attached hydrogens (tertiary/aromatic N) is 1. The van der Waals surface area contributed by atoms with Gasteiger partial charge < -0.3 is 15.5 Å². The van der Waals surface area contributed by atoms with Crippen LogP contribution in [0.4, 0.5) is 4.79 Å². The Labute approximate surface area is 140 Å². The molecule has 2 aliphatic rings. The molecular weight excluding hydrogens is 290 g/mol. The molecular formula is C18H33N3O2. The first-order valence-electron chi connectivity index (χ1n) is 9.20. The van der Waals surface area contributed by atoms with Gasteiger partial charge in [0.2, 0.25) is 5.91 Å². The second-order valence-corrected chi connectivity index (χ2v) is 8.19. The summed E-state index contributed by atoms with van der Waals surface area (Å²) in [7, 11) is 0. The molecule has 0 aromatic heterocycles. The lowest BCUT2D eigenvalue weighted by Gasteiger charge is -2.34. The Morgan fingerprint density at radius 3 is 2.17 bits per heavy atom. The summed E-state index contributed by atoms with van der Waals surface area (Å²) in [6, 6.07) is 0.0298. The van der Waals surface area contributed by atoms with Gasteiger partial charge in [-0.3, -0.25) is 4.79 Å². The van der Waals surface area contributed by atoms with Gasteiger partial charge in [-0.25, -0.2) is 4.79 Å². The summed E-state index contributed by atoms with van der Waals surface area (Å²) in [5, 5.41) is 6.16. The van der Waals surface area contributed by atoms with Crippen molar-refractivity contribution >= 4 is 11.9 Å². The maximum Gasteiger partial charge on any atom is 0.317 e. The molecule has 2 N–H and O–H groups in total. The van der Waals surface area contributed by atoms with Crippen molar-refractivity contribution in [2.75, 3.05) is 19.6 Å². The van der Waals surface area contributed by atoms with Crippen LogP contribution in [-0.4, -0.2) is 42.0 Å². The Kier molecular flexibility index (Phi) is 6.31. The normalized spacial score (nSPS) is 21.1. The molecule has 0 aromatic rings. The van der Waals surface area contributed by atoms with Gasteiger partial charge in [-0.2, -0.15) is 0 Å². The van der Waals surface area contributed by atoms with Crippen LogP contribution in [-0.2, 0) is 4.79 Å². The van der Waals surface area contributed by atoms with Crippen LogP contribution in [0.25, 0.3) is 0 Å². The molecule has 0 bridgehead atoms. The number of carbonyl (C=O) groups excluding carboxylic acids is 2. The lowest BCUT2D eigenvalue weighted by atomic mass is 9.88. The highest BCUT2D eigenvalue weighted by molar-refractivity contribution is 5.78. The second-order valence-electron chi connectivity index (χ2n) is 8.19. The fourth-order valence-corrected chi connectivity index (χ4v) is 3.49. The summed E-state index contributed by atoms with van der Waals surface area (Å²) in [5.41, 5.74) is -0.193. The number of urea groups is 1. The first-order valence-corrected chi connectivity index (χ1v) is 9.20. The van der Waals surface area contributed by atoms with E-state index in [1.165, 1.54) is 19.3 Å². The number of hydrogen-bond donors (Lipinski definition) is 2. The van der Waals surface area contributed by atoms with E-state index in [0.29, 0.717) is 5.92 Å². The van der Waals surface area contributed by atoms with E-state index in [2.05, 4.69) is 10.6 Å². The number of rotatable bonds is 3. The molecule has 1 heterocycles. The van der Waals surface area contributed by atoms with Gasteiger partial charge in [0.25, 0.3) is 0 Å². The largest absolute Gasteiger partial charge is 0.356 e. The third-order valence-corrected chi connectivity index (χ3v) is 4.92. The van der Waals surface area contributed by atoms with Crippen LogP contribution in [0.1, 0.15) is 65.7 Å². The van der Waals surface area contributed by atoms with E-state index in [1.54, 1.807) is 0 Å². The van der Waals surface area contributed by atoms with Crippen LogP contribution in [0.3, 0.4) is 0 Å². The van der Waals surface area contributed by atoms with Crippen LogP contribution in [0.15, 0.2) is 0 Å². The Bertz CT molecular complexity index is 403. The zero-order valence-corrected chi connectivity index (χ0v) is 15.0. The van der Waals surface area contributed by atoms with E-state index in [4.69, 9.17) is 0 Å². The van der Waals surface area contributed by atoms with Crippen molar-refractivity contribution < 1.29 is 9.59 Å². The van der Waals surface area contributed by atoms with Gasteiger partial charge in [0.05, 0.1) is 0 Å². The second kappa shape index (κ2) is 8.02. The Hall–Kier alpha value is -1.26. The summed E-state index contributed by atoms with van der Waals surface area (Å²) in [6.07, 6.45) is 7.72. The predicted molar refractivity (Wildman–Crippen MR) is 92.2 cm³/mol. The molecule has 5 heteroatoms. The van der Waals surface area contributed by atoms with Gasteiger partial charge in [0.1, 0.15) is 0 Å². The van der Waals surface area contributed by atoms with Crippen molar-refractivity contribution in [3.63, 3.8) is 0 Å². The molecule has 5 nitrogen and oxygen atoms in total. The zero-order chi connectivity index (χ0) is 16.9. The molecule has 0 spiro atoms. The number of nitrogens with one attached hydrogen (secondary N) is 2. The van der Waals surface area contributed by atoms with E-state index in [1.807, 2.05) is 25.7 Å². The van der Waals surface area contributed by atoms with Crippen LogP contribution < -0.4 is 10.6 Å². The maximum atomic E-state index is 12.2. The highest BCUT2D eigenvalue weighted by Crippen LogP contribution is 2.24. The first kappa shape index (κ1) is 18.1. The minimum absolute atomic E-state index is 0.0298. The van der Waals surface area contributed by atoms with Crippen molar-refractivity contribution in [3.05, 3.63) is 0 Å². The minimum Gasteiger partial charge on any atom is -0.356 e. The SMILES string of the molecule is CC(C)(C)NC(=O)N1CCC(CNC(=O)C2CCCCC2)CC1. The van der Waals surface area contributed by atoms with Gasteiger partial charge in [-0.1, -0.05) is 19.3 Å². The fourth-order valence-electron chi connectivity index (χ4n) is 3.49. The molecule has 0 atom stereocenters. The number of amides is 3. The predicted octanol–water partition coefficient (Wildman–Crippen LogP) is 2.90. The Morgan fingerprint density at radius 1 is 1.00 bits per heavy atom. The van der Waals surface area contributed by atoms with Gasteiger partial charge in [-0.15, -0.1) is 0 Å². The summed E-state index contributed by atoms with van der Waals surface area (Å²) in [4.78, 5) is 26.2. The molecule has 1 aliphatic heterocycles. The minimum atomic E-state index is -0.193. The molecule has 132 valence electrons. The molecule has 1 aliphatic carbocycles. The summed E-state index contributed by atoms with van der Waals surface area (Å²) in [5.74, 6) is 0.986. The highest BCUT2D eigenvalue weighted by Gasteiger charge is 2.26. The van der Waals surface area contributed by atoms with Crippen molar-refractivity contribution in [3.8, 4) is 0 Å². The summed E-state index contributed by atoms with van der Waals surface area (Å²) < 4.78 is 0. The number of piperidine rings is 1. The summed E-state index contributed by atoms with van der Waals surface area (Å²) in [6.45, 7) is 8.33. The van der Waals surface area contributed by atoms with Gasteiger partial charge in [0.15, 0.2) is 0 Å². The average Bonchev–Trinajstić information content (AvgIpc) is 2.52. The van der Waals surface area contributed by atoms with E-state index >= 15 is 0 Å². The molecule has 2 rings (SSSR count). The molecule has 1 saturated carbocycles. The Balaban J connectivity index is 1.66. The van der Waals surface area contributed by atoms with Crippen molar-refractivity contribution in [1.29, 1.82) is 0 Å². The highest BCUT2D eigenvalue weighted by atomic mass is 16.2. The van der Waals surface area contributed by atoms with Crippen LogP contribution in [0, 0.1) is 11.8 Å². The lowest BCUT2D eigenvalue weighted by molar-refractivity contribution is -0.126. The van der Waals surface area contributed by atoms with Crippen LogP contribution in [0.2, 0.25) is 0 Å². The third kappa shape index (κ3) is 6.04. The monoisotopic (exact) mass is 323 g/mol. The molecule has 23 heavy (non-hydrogen) atoms. The number of carbonyl (C=O) groups is 2. The zero-order valence-electron chi connectivity index (χ0n) is 15.0. The molecule has 0 radical (unpaired) electrons. The van der Waals surface area contributed by atoms with Crippen molar-refractivity contribution in [2.45, 2.75) is 71.3 Å². The summed E-state index contributed by atoms with van der Waals surface area (Å²) >= 11 is 0. The molecule has 3 amide bonds. The van der Waals surface area contributed by atoms with E-state index < -0.39 is 0 Å².